The molecule has 10 nitrogen and oxygen atoms in total. The van der Waals surface area contributed by atoms with Gasteiger partial charge in [0.05, 0.1) is 10.6 Å². The Morgan fingerprint density at radius 3 is 2.63 bits per heavy atom. The number of hydrogen-bond acceptors (Lipinski definition) is 7. The van der Waals surface area contributed by atoms with Crippen molar-refractivity contribution in [1.29, 1.82) is 0 Å². The van der Waals surface area contributed by atoms with Crippen molar-refractivity contribution < 1.29 is 24.0 Å². The van der Waals surface area contributed by atoms with E-state index in [1.807, 2.05) is 0 Å². The maximum atomic E-state index is 12.3. The highest BCUT2D eigenvalue weighted by Crippen LogP contribution is 2.27. The van der Waals surface area contributed by atoms with E-state index in [0.717, 1.165) is 11.1 Å². The first-order valence-corrected chi connectivity index (χ1v) is 9.09. The Morgan fingerprint density at radius 1 is 1.20 bits per heavy atom. The fraction of sp³-hybridized carbons (Fsp3) is 0.158. The molecule has 0 fully saturated rings. The van der Waals surface area contributed by atoms with Gasteiger partial charge in [0.2, 0.25) is 5.91 Å². The molecule has 0 bridgehead atoms. The van der Waals surface area contributed by atoms with E-state index >= 15 is 0 Å². The number of nitro groups is 1. The third kappa shape index (κ3) is 4.97. The number of carbonyl (C=O) groups is 3. The zero-order chi connectivity index (χ0) is 21.7. The van der Waals surface area contributed by atoms with Gasteiger partial charge in [0.15, 0.2) is 6.61 Å². The van der Waals surface area contributed by atoms with E-state index in [9.17, 15) is 24.5 Å². The summed E-state index contributed by atoms with van der Waals surface area (Å²) in [4.78, 5) is 46.8. The Labute approximate surface area is 175 Å². The van der Waals surface area contributed by atoms with Crippen LogP contribution in [0.15, 0.2) is 53.6 Å². The molecule has 1 aliphatic heterocycles. The van der Waals surface area contributed by atoms with Crippen molar-refractivity contribution in [2.75, 3.05) is 16.9 Å². The van der Waals surface area contributed by atoms with Crippen molar-refractivity contribution in [3.8, 4) is 0 Å². The molecule has 11 heteroatoms. The molecule has 0 aromatic heterocycles. The summed E-state index contributed by atoms with van der Waals surface area (Å²) in [6.07, 6.45) is 0.136. The predicted octanol–water partition coefficient (Wildman–Crippen LogP) is 2.91. The summed E-state index contributed by atoms with van der Waals surface area (Å²) in [6.45, 7) is -0.684. The molecule has 1 N–H and O–H groups in total. The topological polar surface area (TPSA) is 131 Å². The van der Waals surface area contributed by atoms with Crippen LogP contribution in [0.5, 0.6) is 0 Å². The molecule has 0 saturated carbocycles. The number of benzene rings is 2. The number of ether oxygens (including phenoxy) is 1. The first kappa shape index (κ1) is 20.9. The van der Waals surface area contributed by atoms with Crippen LogP contribution in [0.1, 0.15) is 12.8 Å². The Balaban J connectivity index is 1.63. The summed E-state index contributed by atoms with van der Waals surface area (Å²) >= 11 is 5.72. The smallest absolute Gasteiger partial charge is 0.355 e. The summed E-state index contributed by atoms with van der Waals surface area (Å²) in [5.74, 6) is -1.91. The van der Waals surface area contributed by atoms with Crippen LogP contribution < -0.4 is 10.3 Å². The number of rotatable bonds is 6. The molecule has 154 valence electrons. The number of hydrazone groups is 1. The normalized spacial score (nSPS) is 13.4. The number of carbonyl (C=O) groups excluding carboxylic acids is 3. The van der Waals surface area contributed by atoms with Gasteiger partial charge in [0.1, 0.15) is 11.4 Å². The Morgan fingerprint density at radius 2 is 1.93 bits per heavy atom. The Bertz CT molecular complexity index is 1040. The van der Waals surface area contributed by atoms with Crippen molar-refractivity contribution in [3.05, 3.63) is 63.7 Å². The lowest BCUT2D eigenvalue weighted by Crippen LogP contribution is -2.35. The van der Waals surface area contributed by atoms with Crippen molar-refractivity contribution >= 4 is 52.2 Å². The van der Waals surface area contributed by atoms with Gasteiger partial charge in [-0.1, -0.05) is 29.8 Å². The minimum Gasteiger partial charge on any atom is -0.451 e. The minimum atomic E-state index is -0.857. The van der Waals surface area contributed by atoms with Gasteiger partial charge >= 0.3 is 5.97 Å². The van der Waals surface area contributed by atoms with E-state index in [1.165, 1.54) is 12.1 Å². The lowest BCUT2D eigenvalue weighted by atomic mass is 10.1. The highest BCUT2D eigenvalue weighted by atomic mass is 35.5. The first-order valence-electron chi connectivity index (χ1n) is 8.71. The fourth-order valence-corrected chi connectivity index (χ4v) is 2.80. The van der Waals surface area contributed by atoms with Crippen LogP contribution in [0.4, 0.5) is 17.1 Å². The van der Waals surface area contributed by atoms with Gasteiger partial charge in [-0.3, -0.25) is 19.7 Å². The van der Waals surface area contributed by atoms with Gasteiger partial charge in [0.25, 0.3) is 11.6 Å². The number of nitrogens with zero attached hydrogens (tertiary/aromatic N) is 3. The summed E-state index contributed by atoms with van der Waals surface area (Å²) in [7, 11) is 0. The molecule has 0 saturated heterocycles. The second kappa shape index (κ2) is 9.14. The number of para-hydroxylation sites is 1. The van der Waals surface area contributed by atoms with Gasteiger partial charge < -0.3 is 10.1 Å². The molecule has 2 amide bonds. The molecule has 0 radical (unpaired) electrons. The van der Waals surface area contributed by atoms with Crippen LogP contribution >= 0.6 is 11.6 Å². The molecule has 30 heavy (non-hydrogen) atoms. The molecule has 2 aromatic carbocycles. The summed E-state index contributed by atoms with van der Waals surface area (Å²) in [5.41, 5.74) is 0.0150. The summed E-state index contributed by atoms with van der Waals surface area (Å²) < 4.78 is 4.94. The average molecular weight is 431 g/mol. The maximum Gasteiger partial charge on any atom is 0.355 e. The third-order valence-electron chi connectivity index (χ3n) is 4.03. The van der Waals surface area contributed by atoms with Crippen LogP contribution in [0, 0.1) is 10.1 Å². The molecule has 3 rings (SSSR count). The van der Waals surface area contributed by atoms with Crippen molar-refractivity contribution in [2.24, 2.45) is 5.10 Å². The van der Waals surface area contributed by atoms with Crippen LogP contribution in [0.25, 0.3) is 0 Å². The Hall–Kier alpha value is -3.79. The highest BCUT2D eigenvalue weighted by Gasteiger charge is 2.27. The zero-order valence-electron chi connectivity index (χ0n) is 15.4. The highest BCUT2D eigenvalue weighted by molar-refractivity contribution is 6.38. The molecule has 0 spiro atoms. The number of nitro benzene ring substituents is 1. The number of amides is 2. The van der Waals surface area contributed by atoms with Gasteiger partial charge in [-0.05, 0) is 24.3 Å². The average Bonchev–Trinajstić information content (AvgIpc) is 2.74. The lowest BCUT2D eigenvalue weighted by Gasteiger charge is -2.22. The summed E-state index contributed by atoms with van der Waals surface area (Å²) in [6, 6.07) is 12.3. The maximum absolute atomic E-state index is 12.3. The molecule has 1 heterocycles. The number of nitrogens with one attached hydrogen (secondary N) is 1. The Kier molecular flexibility index (Phi) is 6.38. The van der Waals surface area contributed by atoms with Crippen LogP contribution in [0.2, 0.25) is 5.02 Å². The lowest BCUT2D eigenvalue weighted by molar-refractivity contribution is -0.383. The van der Waals surface area contributed by atoms with Crippen LogP contribution in [0.3, 0.4) is 0 Å². The molecular weight excluding hydrogens is 416 g/mol. The molecule has 0 unspecified atom stereocenters. The van der Waals surface area contributed by atoms with Crippen LogP contribution in [-0.4, -0.2) is 35.0 Å². The van der Waals surface area contributed by atoms with E-state index < -0.39 is 29.1 Å². The van der Waals surface area contributed by atoms with Crippen molar-refractivity contribution in [1.82, 2.24) is 0 Å². The minimum absolute atomic E-state index is 0.0104. The molecular formula is C19H15ClN4O6. The number of esters is 1. The predicted molar refractivity (Wildman–Crippen MR) is 108 cm³/mol. The van der Waals surface area contributed by atoms with E-state index in [-0.39, 0.29) is 35.2 Å². The zero-order valence-corrected chi connectivity index (χ0v) is 16.2. The molecule has 2 aromatic rings. The SMILES string of the molecule is O=C(COC(=O)C1=NN(c2ccccc2)C(=O)CC1)Nc1ccc(Cl)cc1[N+](=O)[O-]. The van der Waals surface area contributed by atoms with Crippen LogP contribution in [-0.2, 0) is 19.1 Å². The van der Waals surface area contributed by atoms with Gasteiger partial charge in [-0.15, -0.1) is 0 Å². The molecule has 0 aliphatic carbocycles. The van der Waals surface area contributed by atoms with Gasteiger partial charge in [-0.25, -0.2) is 9.80 Å². The second-order valence-electron chi connectivity index (χ2n) is 6.13. The third-order valence-corrected chi connectivity index (χ3v) is 4.27. The second-order valence-corrected chi connectivity index (χ2v) is 6.57. The van der Waals surface area contributed by atoms with Gasteiger partial charge in [-0.2, -0.15) is 5.10 Å². The molecule has 1 aliphatic rings. The van der Waals surface area contributed by atoms with E-state index in [2.05, 4.69) is 10.4 Å². The van der Waals surface area contributed by atoms with E-state index in [0.29, 0.717) is 5.69 Å². The summed E-state index contributed by atoms with van der Waals surface area (Å²) in [5, 5.41) is 18.6. The number of hydrogen-bond donors (Lipinski definition) is 1. The number of halogens is 1. The van der Waals surface area contributed by atoms with E-state index in [4.69, 9.17) is 16.3 Å². The monoisotopic (exact) mass is 430 g/mol. The van der Waals surface area contributed by atoms with E-state index in [1.54, 1.807) is 30.3 Å². The largest absolute Gasteiger partial charge is 0.451 e. The molecule has 0 atom stereocenters. The first-order chi connectivity index (χ1) is 14.3. The number of anilines is 2. The standard InChI is InChI=1S/C19H15ClN4O6/c20-12-6-7-14(16(10-12)24(28)29)21-17(25)11-30-19(27)15-8-9-18(26)23(22-15)13-4-2-1-3-5-13/h1-7,10H,8-9,11H2,(H,21,25). The fourth-order valence-electron chi connectivity index (χ4n) is 2.63. The van der Waals surface area contributed by atoms with Crippen molar-refractivity contribution in [3.63, 3.8) is 0 Å². The van der Waals surface area contributed by atoms with Gasteiger partial charge in [0, 0.05) is 23.9 Å². The quantitative estimate of drug-likeness (QED) is 0.426. The van der Waals surface area contributed by atoms with Crippen molar-refractivity contribution in [2.45, 2.75) is 12.8 Å².